The van der Waals surface area contributed by atoms with E-state index in [9.17, 15) is 0 Å². The number of piperidine rings is 1. The average Bonchev–Trinajstić information content (AvgIpc) is 2.97. The second kappa shape index (κ2) is 5.70. The molecule has 0 spiro atoms. The Labute approximate surface area is 124 Å². The molecule has 6 nitrogen and oxygen atoms in total. The minimum absolute atomic E-state index is 0.361. The van der Waals surface area contributed by atoms with Crippen molar-refractivity contribution in [3.05, 3.63) is 18.6 Å². The van der Waals surface area contributed by atoms with Crippen molar-refractivity contribution in [2.75, 3.05) is 31.6 Å². The first-order chi connectivity index (χ1) is 10.2. The van der Waals surface area contributed by atoms with Crippen LogP contribution in [0, 0.1) is 17.2 Å². The van der Waals surface area contributed by atoms with Crippen LogP contribution in [0.3, 0.4) is 0 Å². The molecule has 0 saturated carbocycles. The van der Waals surface area contributed by atoms with Crippen molar-refractivity contribution in [2.45, 2.75) is 19.4 Å². The number of hydrogen-bond acceptors (Lipinski definition) is 5. The zero-order valence-corrected chi connectivity index (χ0v) is 12.5. The fourth-order valence-corrected chi connectivity index (χ4v) is 3.16. The summed E-state index contributed by atoms with van der Waals surface area (Å²) in [6.45, 7) is 4.68. The molecule has 110 valence electrons. The quantitative estimate of drug-likeness (QED) is 0.867. The Morgan fingerprint density at radius 1 is 1.52 bits per heavy atom. The van der Waals surface area contributed by atoms with E-state index in [1.54, 1.807) is 6.33 Å². The van der Waals surface area contributed by atoms with Crippen molar-refractivity contribution in [1.29, 1.82) is 5.26 Å². The Morgan fingerprint density at radius 2 is 2.38 bits per heavy atom. The maximum atomic E-state index is 8.91. The summed E-state index contributed by atoms with van der Waals surface area (Å²) in [6.07, 6.45) is 4.60. The highest BCUT2D eigenvalue weighted by molar-refractivity contribution is 5.87. The predicted octanol–water partition coefficient (Wildman–Crippen LogP) is 1.63. The van der Waals surface area contributed by atoms with Crippen LogP contribution in [0.25, 0.3) is 11.0 Å². The topological polar surface area (TPSA) is 71.8 Å². The smallest absolute Gasteiger partial charge is 0.142 e. The summed E-state index contributed by atoms with van der Waals surface area (Å²) in [5.41, 5.74) is 0.865. The first-order valence-corrected chi connectivity index (χ1v) is 7.31. The number of likely N-dealkylation sites (N-methyl/N-ethyl adjacent to an activating group) is 1. The highest BCUT2D eigenvalue weighted by Gasteiger charge is 2.30. The van der Waals surface area contributed by atoms with Gasteiger partial charge in [0.25, 0.3) is 0 Å². The number of aromatic amines is 1. The fourth-order valence-electron chi connectivity index (χ4n) is 3.16. The van der Waals surface area contributed by atoms with Gasteiger partial charge in [0.1, 0.15) is 17.8 Å². The molecule has 2 unspecified atom stereocenters. The van der Waals surface area contributed by atoms with E-state index in [0.717, 1.165) is 36.4 Å². The van der Waals surface area contributed by atoms with E-state index in [2.05, 4.69) is 44.8 Å². The van der Waals surface area contributed by atoms with Gasteiger partial charge in [0, 0.05) is 25.8 Å². The Hall–Kier alpha value is -2.13. The molecular weight excluding hydrogens is 264 g/mol. The van der Waals surface area contributed by atoms with Crippen molar-refractivity contribution in [1.82, 2.24) is 19.9 Å². The van der Waals surface area contributed by atoms with Crippen molar-refractivity contribution >= 4 is 16.9 Å². The molecule has 6 heteroatoms. The number of rotatable bonds is 3. The molecule has 0 amide bonds. The van der Waals surface area contributed by atoms with Gasteiger partial charge in [0.2, 0.25) is 0 Å². The minimum Gasteiger partial charge on any atom is -0.354 e. The van der Waals surface area contributed by atoms with E-state index >= 15 is 0 Å². The largest absolute Gasteiger partial charge is 0.354 e. The number of aromatic nitrogens is 3. The van der Waals surface area contributed by atoms with Crippen molar-refractivity contribution in [3.63, 3.8) is 0 Å². The van der Waals surface area contributed by atoms with E-state index in [4.69, 9.17) is 5.26 Å². The van der Waals surface area contributed by atoms with Crippen LogP contribution in [0.5, 0.6) is 0 Å². The van der Waals surface area contributed by atoms with Crippen molar-refractivity contribution in [2.24, 2.45) is 5.92 Å². The first-order valence-electron chi connectivity index (χ1n) is 7.31. The lowest BCUT2D eigenvalue weighted by Gasteiger charge is -2.41. The number of nitriles is 1. The zero-order valence-electron chi connectivity index (χ0n) is 12.5. The van der Waals surface area contributed by atoms with Gasteiger partial charge in [-0.2, -0.15) is 5.26 Å². The van der Waals surface area contributed by atoms with E-state index in [1.807, 2.05) is 12.3 Å². The molecule has 1 aliphatic rings. The molecule has 0 aliphatic carbocycles. The van der Waals surface area contributed by atoms with Crippen LogP contribution in [0.4, 0.5) is 5.82 Å². The van der Waals surface area contributed by atoms with Gasteiger partial charge in [0.15, 0.2) is 0 Å². The number of fused-ring (bicyclic) bond motifs is 1. The molecular formula is C15H20N6. The van der Waals surface area contributed by atoms with Gasteiger partial charge in [-0.05, 0) is 24.9 Å². The maximum Gasteiger partial charge on any atom is 0.142 e. The Kier molecular flexibility index (Phi) is 3.76. The predicted molar refractivity (Wildman–Crippen MR) is 81.9 cm³/mol. The molecule has 2 aromatic rings. The molecule has 2 aromatic heterocycles. The standard InChI is InChI=1S/C15H20N6/c1-11-4-7-21(8-5-16)9-13(11)20(2)15-12-3-6-17-14(12)18-10-19-15/h3,6,10-11,13H,4,7-9H2,1-2H3,(H,17,18,19). The van der Waals surface area contributed by atoms with Crippen LogP contribution in [0.1, 0.15) is 13.3 Å². The van der Waals surface area contributed by atoms with E-state index < -0.39 is 0 Å². The molecule has 21 heavy (non-hydrogen) atoms. The SMILES string of the molecule is CC1CCN(CC#N)CC1N(C)c1ncnc2[nH]ccc12. The number of H-pyrrole nitrogens is 1. The Morgan fingerprint density at radius 3 is 3.19 bits per heavy atom. The first kappa shape index (κ1) is 13.8. The number of likely N-dealkylation sites (tertiary alicyclic amines) is 1. The summed E-state index contributed by atoms with van der Waals surface area (Å²) in [5, 5.41) is 9.96. The van der Waals surface area contributed by atoms with Crippen LogP contribution >= 0.6 is 0 Å². The van der Waals surface area contributed by atoms with Crippen molar-refractivity contribution in [3.8, 4) is 6.07 Å². The Balaban J connectivity index is 1.88. The molecule has 1 N–H and O–H groups in total. The minimum atomic E-state index is 0.361. The highest BCUT2D eigenvalue weighted by atomic mass is 15.3. The van der Waals surface area contributed by atoms with Crippen LogP contribution in [0.2, 0.25) is 0 Å². The molecule has 0 aromatic carbocycles. The third kappa shape index (κ3) is 2.57. The van der Waals surface area contributed by atoms with Gasteiger partial charge in [0.05, 0.1) is 18.0 Å². The number of anilines is 1. The lowest BCUT2D eigenvalue weighted by Crippen LogP contribution is -2.51. The normalized spacial score (nSPS) is 23.1. The maximum absolute atomic E-state index is 8.91. The lowest BCUT2D eigenvalue weighted by molar-refractivity contribution is 0.182. The van der Waals surface area contributed by atoms with Gasteiger partial charge >= 0.3 is 0 Å². The summed E-state index contributed by atoms with van der Waals surface area (Å²) >= 11 is 0. The third-order valence-electron chi connectivity index (χ3n) is 4.46. The molecule has 3 heterocycles. The summed E-state index contributed by atoms with van der Waals surface area (Å²) < 4.78 is 0. The van der Waals surface area contributed by atoms with Gasteiger partial charge in [-0.15, -0.1) is 0 Å². The summed E-state index contributed by atoms with van der Waals surface area (Å²) in [7, 11) is 2.09. The summed E-state index contributed by atoms with van der Waals surface area (Å²) in [4.78, 5) is 16.3. The molecule has 1 fully saturated rings. The second-order valence-corrected chi connectivity index (χ2v) is 5.77. The number of nitrogens with zero attached hydrogens (tertiary/aromatic N) is 5. The van der Waals surface area contributed by atoms with Crippen LogP contribution < -0.4 is 4.90 Å². The molecule has 3 rings (SSSR count). The van der Waals surface area contributed by atoms with Gasteiger partial charge < -0.3 is 9.88 Å². The molecule has 1 aliphatic heterocycles. The summed E-state index contributed by atoms with van der Waals surface area (Å²) in [6, 6.07) is 4.63. The zero-order chi connectivity index (χ0) is 14.8. The van der Waals surface area contributed by atoms with Gasteiger partial charge in [-0.3, -0.25) is 4.90 Å². The summed E-state index contributed by atoms with van der Waals surface area (Å²) in [5.74, 6) is 1.53. The third-order valence-corrected chi connectivity index (χ3v) is 4.46. The lowest BCUT2D eigenvalue weighted by atomic mass is 9.92. The molecule has 2 atom stereocenters. The monoisotopic (exact) mass is 284 g/mol. The Bertz CT molecular complexity index is 657. The van der Waals surface area contributed by atoms with Crippen molar-refractivity contribution < 1.29 is 0 Å². The average molecular weight is 284 g/mol. The number of nitrogens with one attached hydrogen (secondary N) is 1. The van der Waals surface area contributed by atoms with E-state index in [-0.39, 0.29) is 0 Å². The molecule has 0 radical (unpaired) electrons. The van der Waals surface area contributed by atoms with Gasteiger partial charge in [-0.1, -0.05) is 6.92 Å². The van der Waals surface area contributed by atoms with Crippen LogP contribution in [-0.2, 0) is 0 Å². The molecule has 1 saturated heterocycles. The molecule has 0 bridgehead atoms. The van der Waals surface area contributed by atoms with Gasteiger partial charge in [-0.25, -0.2) is 9.97 Å². The van der Waals surface area contributed by atoms with Crippen LogP contribution in [-0.4, -0.2) is 52.6 Å². The highest BCUT2D eigenvalue weighted by Crippen LogP contribution is 2.28. The van der Waals surface area contributed by atoms with E-state index in [0.29, 0.717) is 18.5 Å². The van der Waals surface area contributed by atoms with Crippen LogP contribution in [0.15, 0.2) is 18.6 Å². The number of hydrogen-bond donors (Lipinski definition) is 1. The van der Waals surface area contributed by atoms with E-state index in [1.165, 1.54) is 0 Å². The fraction of sp³-hybridized carbons (Fsp3) is 0.533. The second-order valence-electron chi connectivity index (χ2n) is 5.77.